The first-order chi connectivity index (χ1) is 28.6. The average Bonchev–Trinajstić information content (AvgIpc) is 3.80. The predicted octanol–water partition coefficient (Wildman–Crippen LogP) is 15.4. The standard InChI is InChI=1S/C57H38O/c1-35-31-36(2)33-38(32-35)51-42-23-11-13-25-44(42)52(45-26-14-12-24-43(45)51)47-34-49-55(56-53(47)46-27-15-16-28-50(46)58-56)54-41-22-10-9-17-37(41)29-30-48(54)57(49,39-18-5-3-6-19-39)40-20-7-4-8-21-40/h3-34H,1-2H3. The minimum absolute atomic E-state index is 0.621. The van der Waals surface area contributed by atoms with Crippen LogP contribution in [-0.4, -0.2) is 0 Å². The summed E-state index contributed by atoms with van der Waals surface area (Å²) in [5, 5.41) is 9.68. The highest BCUT2D eigenvalue weighted by Crippen LogP contribution is 2.62. The Kier molecular flexibility index (Phi) is 7.04. The van der Waals surface area contributed by atoms with Crippen molar-refractivity contribution < 1.29 is 4.42 Å². The second kappa shape index (κ2) is 12.4. The molecule has 1 aliphatic carbocycles. The highest BCUT2D eigenvalue weighted by Gasteiger charge is 2.48. The van der Waals surface area contributed by atoms with E-state index in [2.05, 4.69) is 208 Å². The highest BCUT2D eigenvalue weighted by molar-refractivity contribution is 6.28. The maximum Gasteiger partial charge on any atom is 0.144 e. The first-order valence-electron chi connectivity index (χ1n) is 20.3. The minimum atomic E-state index is -0.621. The molecule has 0 fully saturated rings. The van der Waals surface area contributed by atoms with Crippen LogP contribution in [0.15, 0.2) is 199 Å². The maximum absolute atomic E-state index is 7.27. The molecule has 0 bridgehead atoms. The van der Waals surface area contributed by atoms with Crippen molar-refractivity contribution in [3.05, 3.63) is 228 Å². The van der Waals surface area contributed by atoms with Gasteiger partial charge in [-0.25, -0.2) is 0 Å². The number of rotatable bonds is 4. The van der Waals surface area contributed by atoms with Crippen LogP contribution in [0.1, 0.15) is 33.4 Å². The third-order valence-corrected chi connectivity index (χ3v) is 12.8. The zero-order valence-corrected chi connectivity index (χ0v) is 32.4. The summed E-state index contributed by atoms with van der Waals surface area (Å²) in [5.74, 6) is 0. The van der Waals surface area contributed by atoms with E-state index in [1.165, 1.54) is 99.1 Å². The number of benzene rings is 10. The average molecular weight is 739 g/mol. The van der Waals surface area contributed by atoms with Crippen LogP contribution >= 0.6 is 0 Å². The van der Waals surface area contributed by atoms with Gasteiger partial charge in [0, 0.05) is 16.3 Å². The van der Waals surface area contributed by atoms with Gasteiger partial charge in [-0.15, -0.1) is 0 Å². The highest BCUT2D eigenvalue weighted by atomic mass is 16.3. The van der Waals surface area contributed by atoms with Crippen LogP contribution < -0.4 is 0 Å². The first-order valence-corrected chi connectivity index (χ1v) is 20.3. The Morgan fingerprint density at radius 1 is 0.379 bits per heavy atom. The number of hydrogen-bond donors (Lipinski definition) is 0. The molecule has 1 aromatic heterocycles. The molecule has 0 spiro atoms. The summed E-state index contributed by atoms with van der Waals surface area (Å²) in [6.07, 6.45) is 0. The number of furan rings is 1. The van der Waals surface area contributed by atoms with Crippen molar-refractivity contribution in [1.82, 2.24) is 0 Å². The summed E-state index contributed by atoms with van der Waals surface area (Å²) >= 11 is 0. The van der Waals surface area contributed by atoms with Gasteiger partial charge in [-0.2, -0.15) is 0 Å². The van der Waals surface area contributed by atoms with Crippen molar-refractivity contribution in [2.45, 2.75) is 19.3 Å². The van der Waals surface area contributed by atoms with Crippen molar-refractivity contribution in [2.75, 3.05) is 0 Å². The second-order valence-electron chi connectivity index (χ2n) is 16.1. The fourth-order valence-electron chi connectivity index (χ4n) is 10.7. The fourth-order valence-corrected chi connectivity index (χ4v) is 10.7. The van der Waals surface area contributed by atoms with Crippen LogP contribution in [0.5, 0.6) is 0 Å². The molecule has 10 aromatic carbocycles. The van der Waals surface area contributed by atoms with Crippen LogP contribution in [0.25, 0.3) is 87.6 Å². The van der Waals surface area contributed by atoms with E-state index in [4.69, 9.17) is 4.42 Å². The lowest BCUT2D eigenvalue weighted by atomic mass is 9.67. The molecular formula is C57H38O. The van der Waals surface area contributed by atoms with E-state index in [1.54, 1.807) is 0 Å². The van der Waals surface area contributed by atoms with Crippen molar-refractivity contribution in [2.24, 2.45) is 0 Å². The van der Waals surface area contributed by atoms with Gasteiger partial charge in [0.1, 0.15) is 11.2 Å². The molecule has 0 N–H and O–H groups in total. The number of hydrogen-bond acceptors (Lipinski definition) is 1. The molecule has 272 valence electrons. The molecule has 58 heavy (non-hydrogen) atoms. The first kappa shape index (κ1) is 33.0. The minimum Gasteiger partial charge on any atom is -0.455 e. The van der Waals surface area contributed by atoms with Crippen LogP contribution in [0.3, 0.4) is 0 Å². The largest absolute Gasteiger partial charge is 0.455 e. The molecule has 0 saturated heterocycles. The summed E-state index contributed by atoms with van der Waals surface area (Å²) in [4.78, 5) is 0. The van der Waals surface area contributed by atoms with Gasteiger partial charge in [-0.1, -0.05) is 193 Å². The Morgan fingerprint density at radius 2 is 0.897 bits per heavy atom. The van der Waals surface area contributed by atoms with E-state index in [-0.39, 0.29) is 0 Å². The molecular weight excluding hydrogens is 701 g/mol. The lowest BCUT2D eigenvalue weighted by molar-refractivity contribution is 0.669. The second-order valence-corrected chi connectivity index (χ2v) is 16.1. The zero-order valence-electron chi connectivity index (χ0n) is 32.4. The van der Waals surface area contributed by atoms with Crippen molar-refractivity contribution >= 4 is 54.3 Å². The van der Waals surface area contributed by atoms with Crippen molar-refractivity contribution in [3.8, 4) is 33.4 Å². The molecule has 0 aliphatic heterocycles. The van der Waals surface area contributed by atoms with Crippen molar-refractivity contribution in [3.63, 3.8) is 0 Å². The van der Waals surface area contributed by atoms with Crippen LogP contribution in [0, 0.1) is 13.8 Å². The van der Waals surface area contributed by atoms with Gasteiger partial charge in [0.15, 0.2) is 0 Å². The third kappa shape index (κ3) is 4.47. The van der Waals surface area contributed by atoms with Gasteiger partial charge in [0.25, 0.3) is 0 Å². The smallest absolute Gasteiger partial charge is 0.144 e. The van der Waals surface area contributed by atoms with E-state index in [9.17, 15) is 0 Å². The van der Waals surface area contributed by atoms with Gasteiger partial charge < -0.3 is 4.42 Å². The number of para-hydroxylation sites is 1. The predicted molar refractivity (Wildman–Crippen MR) is 244 cm³/mol. The normalized spacial score (nSPS) is 13.1. The molecule has 0 atom stereocenters. The van der Waals surface area contributed by atoms with Crippen LogP contribution in [-0.2, 0) is 5.41 Å². The summed E-state index contributed by atoms with van der Waals surface area (Å²) in [7, 11) is 0. The van der Waals surface area contributed by atoms with E-state index in [1.807, 2.05) is 0 Å². The van der Waals surface area contributed by atoms with Crippen LogP contribution in [0.2, 0.25) is 0 Å². The molecule has 11 aromatic rings. The molecule has 0 amide bonds. The van der Waals surface area contributed by atoms with E-state index in [0.717, 1.165) is 21.9 Å². The topological polar surface area (TPSA) is 13.1 Å². The lowest BCUT2D eigenvalue weighted by Crippen LogP contribution is -2.28. The summed E-state index contributed by atoms with van der Waals surface area (Å²) < 4.78 is 7.27. The Balaban J connectivity index is 1.33. The number of aryl methyl sites for hydroxylation is 2. The fraction of sp³-hybridized carbons (Fsp3) is 0.0526. The van der Waals surface area contributed by atoms with Gasteiger partial charge >= 0.3 is 0 Å². The molecule has 0 unspecified atom stereocenters. The Labute approximate surface area is 337 Å². The Hall–Kier alpha value is -7.22. The molecule has 0 radical (unpaired) electrons. The molecule has 1 nitrogen and oxygen atoms in total. The summed E-state index contributed by atoms with van der Waals surface area (Å²) in [6, 6.07) is 72.0. The Morgan fingerprint density at radius 3 is 1.52 bits per heavy atom. The van der Waals surface area contributed by atoms with Gasteiger partial charge in [-0.3, -0.25) is 0 Å². The third-order valence-electron chi connectivity index (χ3n) is 12.8. The van der Waals surface area contributed by atoms with E-state index >= 15 is 0 Å². The van der Waals surface area contributed by atoms with Gasteiger partial charge in [0.05, 0.1) is 5.41 Å². The molecule has 1 heteroatoms. The van der Waals surface area contributed by atoms with E-state index in [0.29, 0.717) is 0 Å². The summed E-state index contributed by atoms with van der Waals surface area (Å²) in [5.41, 5.74) is 16.1. The van der Waals surface area contributed by atoms with E-state index < -0.39 is 5.41 Å². The van der Waals surface area contributed by atoms with Crippen LogP contribution in [0.4, 0.5) is 0 Å². The molecule has 12 rings (SSSR count). The summed E-state index contributed by atoms with van der Waals surface area (Å²) in [6.45, 7) is 4.40. The zero-order chi connectivity index (χ0) is 38.5. The maximum atomic E-state index is 7.27. The quantitative estimate of drug-likeness (QED) is 0.164. The van der Waals surface area contributed by atoms with Gasteiger partial charge in [-0.05, 0) is 108 Å². The molecule has 0 saturated carbocycles. The van der Waals surface area contributed by atoms with Crippen molar-refractivity contribution in [1.29, 1.82) is 0 Å². The SMILES string of the molecule is Cc1cc(C)cc(-c2c3ccccc3c(-c3cc4c(c5oc6ccccc6c35)-c3c(ccc5ccccc35)C4(c3ccccc3)c3ccccc3)c3ccccc23)c1. The molecule has 1 heterocycles. The number of fused-ring (bicyclic) bond motifs is 11. The lowest BCUT2D eigenvalue weighted by Gasteiger charge is -2.34. The molecule has 1 aliphatic rings. The van der Waals surface area contributed by atoms with Gasteiger partial charge in [0.2, 0.25) is 0 Å². The Bertz CT molecular complexity index is 3340. The monoisotopic (exact) mass is 738 g/mol.